The monoisotopic (exact) mass is 270 g/mol. The second-order valence-corrected chi connectivity index (χ2v) is 6.98. The third-order valence-electron chi connectivity index (χ3n) is 3.12. The van der Waals surface area contributed by atoms with Gasteiger partial charge >= 0.3 is 0 Å². The van der Waals surface area contributed by atoms with Crippen LogP contribution in [0.3, 0.4) is 0 Å². The molecule has 0 aliphatic carbocycles. The molecule has 18 heavy (non-hydrogen) atoms. The molecule has 2 atom stereocenters. The molecule has 1 aliphatic heterocycles. The minimum atomic E-state index is -3.49. The quantitative estimate of drug-likeness (QED) is 0.855. The number of nitrogens with two attached hydrogens (primary N) is 1. The Kier molecular flexibility index (Phi) is 3.54. The summed E-state index contributed by atoms with van der Waals surface area (Å²) in [5, 5.41) is 0. The Bertz CT molecular complexity index is 504. The number of aromatic nitrogens is 2. The highest BCUT2D eigenvalue weighted by Gasteiger charge is 2.31. The highest BCUT2D eigenvalue weighted by atomic mass is 32.2. The first kappa shape index (κ1) is 13.2. The molecule has 0 radical (unpaired) electrons. The van der Waals surface area contributed by atoms with E-state index in [9.17, 15) is 8.42 Å². The van der Waals surface area contributed by atoms with Crippen molar-refractivity contribution in [3.05, 3.63) is 12.4 Å². The summed E-state index contributed by atoms with van der Waals surface area (Å²) in [6.45, 7) is 5.24. The molecular formula is C11H18N4O2S. The van der Waals surface area contributed by atoms with Gasteiger partial charge in [0.1, 0.15) is 4.90 Å². The molecule has 100 valence electrons. The van der Waals surface area contributed by atoms with Gasteiger partial charge in [0.15, 0.2) is 0 Å². The van der Waals surface area contributed by atoms with Crippen LogP contribution < -0.4 is 5.73 Å². The molecule has 7 heteroatoms. The van der Waals surface area contributed by atoms with Gasteiger partial charge < -0.3 is 5.73 Å². The number of nitrogens with zero attached hydrogens (tertiary/aromatic N) is 3. The summed E-state index contributed by atoms with van der Waals surface area (Å²) in [7, 11) is -3.49. The Balaban J connectivity index is 2.28. The maximum atomic E-state index is 12.4. The van der Waals surface area contributed by atoms with E-state index in [0.717, 1.165) is 6.42 Å². The number of piperidine rings is 1. The Morgan fingerprint density at radius 1 is 1.22 bits per heavy atom. The molecule has 0 amide bonds. The van der Waals surface area contributed by atoms with Crippen LogP contribution in [0.1, 0.15) is 20.3 Å². The third-order valence-corrected chi connectivity index (χ3v) is 4.91. The van der Waals surface area contributed by atoms with Crippen LogP contribution in [0.4, 0.5) is 5.95 Å². The van der Waals surface area contributed by atoms with Gasteiger partial charge in [-0.3, -0.25) is 0 Å². The SMILES string of the molecule is CC1CC(C)CN(S(=O)(=O)c2cnc(N)nc2)C1. The van der Waals surface area contributed by atoms with Crippen molar-refractivity contribution in [2.24, 2.45) is 11.8 Å². The third kappa shape index (κ3) is 2.62. The first-order valence-electron chi connectivity index (χ1n) is 5.97. The van der Waals surface area contributed by atoms with Gasteiger partial charge in [0.25, 0.3) is 0 Å². The standard InChI is InChI=1S/C11H18N4O2S/c1-8-3-9(2)7-15(6-8)18(16,17)10-4-13-11(12)14-5-10/h4-5,8-9H,3,6-7H2,1-2H3,(H2,12,13,14). The molecule has 0 saturated carbocycles. The summed E-state index contributed by atoms with van der Waals surface area (Å²) in [6, 6.07) is 0. The highest BCUT2D eigenvalue weighted by molar-refractivity contribution is 7.89. The molecule has 0 aromatic carbocycles. The van der Waals surface area contributed by atoms with Gasteiger partial charge in [-0.1, -0.05) is 13.8 Å². The van der Waals surface area contributed by atoms with Crippen molar-refractivity contribution in [1.82, 2.24) is 14.3 Å². The van der Waals surface area contributed by atoms with Crippen molar-refractivity contribution < 1.29 is 8.42 Å². The predicted octanol–water partition coefficient (Wildman–Crippen LogP) is 0.725. The summed E-state index contributed by atoms with van der Waals surface area (Å²) in [6.07, 6.45) is 3.59. The Hall–Kier alpha value is -1.21. The smallest absolute Gasteiger partial charge is 0.246 e. The second-order valence-electron chi connectivity index (χ2n) is 5.05. The molecule has 2 rings (SSSR count). The van der Waals surface area contributed by atoms with E-state index < -0.39 is 10.0 Å². The first-order valence-corrected chi connectivity index (χ1v) is 7.41. The lowest BCUT2D eigenvalue weighted by atomic mass is 9.94. The molecule has 2 heterocycles. The molecule has 1 aromatic rings. The predicted molar refractivity (Wildman–Crippen MR) is 68.1 cm³/mol. The zero-order chi connectivity index (χ0) is 13.3. The van der Waals surface area contributed by atoms with E-state index in [0.29, 0.717) is 24.9 Å². The van der Waals surface area contributed by atoms with E-state index in [1.807, 2.05) is 0 Å². The molecule has 1 aromatic heterocycles. The largest absolute Gasteiger partial charge is 0.368 e. The lowest BCUT2D eigenvalue weighted by molar-refractivity contribution is 0.222. The number of hydrogen-bond donors (Lipinski definition) is 1. The Labute approximate surface area is 107 Å². The Morgan fingerprint density at radius 2 is 1.72 bits per heavy atom. The van der Waals surface area contributed by atoms with Crippen LogP contribution in [0, 0.1) is 11.8 Å². The summed E-state index contributed by atoms with van der Waals surface area (Å²) >= 11 is 0. The van der Waals surface area contributed by atoms with Crippen LogP contribution in [-0.4, -0.2) is 35.8 Å². The number of rotatable bonds is 2. The van der Waals surface area contributed by atoms with Crippen LogP contribution in [0.15, 0.2) is 17.3 Å². The summed E-state index contributed by atoms with van der Waals surface area (Å²) in [4.78, 5) is 7.59. The lowest BCUT2D eigenvalue weighted by Crippen LogP contribution is -2.42. The Morgan fingerprint density at radius 3 is 2.22 bits per heavy atom. The van der Waals surface area contributed by atoms with E-state index >= 15 is 0 Å². The molecule has 6 nitrogen and oxygen atoms in total. The molecule has 1 fully saturated rings. The number of nitrogen functional groups attached to an aromatic ring is 1. The number of sulfonamides is 1. The molecule has 2 unspecified atom stereocenters. The topological polar surface area (TPSA) is 89.2 Å². The summed E-state index contributed by atoms with van der Waals surface area (Å²) < 4.78 is 26.3. The van der Waals surface area contributed by atoms with Crippen molar-refractivity contribution in [3.8, 4) is 0 Å². The minimum Gasteiger partial charge on any atom is -0.368 e. The minimum absolute atomic E-state index is 0.0781. The van der Waals surface area contributed by atoms with Crippen molar-refractivity contribution in [1.29, 1.82) is 0 Å². The van der Waals surface area contributed by atoms with Crippen molar-refractivity contribution in [3.63, 3.8) is 0 Å². The van der Waals surface area contributed by atoms with Gasteiger partial charge in [-0.25, -0.2) is 18.4 Å². The van der Waals surface area contributed by atoms with E-state index in [1.165, 1.54) is 16.7 Å². The van der Waals surface area contributed by atoms with Crippen LogP contribution in [-0.2, 0) is 10.0 Å². The first-order chi connectivity index (χ1) is 8.39. The summed E-state index contributed by atoms with van der Waals surface area (Å²) in [5.74, 6) is 0.825. The molecule has 2 N–H and O–H groups in total. The fourth-order valence-electron chi connectivity index (χ4n) is 2.41. The lowest BCUT2D eigenvalue weighted by Gasteiger charge is -2.33. The van der Waals surface area contributed by atoms with Crippen molar-refractivity contribution >= 4 is 16.0 Å². The average Bonchev–Trinajstić information content (AvgIpc) is 2.28. The average molecular weight is 270 g/mol. The van der Waals surface area contributed by atoms with Gasteiger partial charge in [0.05, 0.1) is 12.4 Å². The molecule has 0 spiro atoms. The fourth-order valence-corrected chi connectivity index (χ4v) is 3.98. The number of hydrogen-bond acceptors (Lipinski definition) is 5. The van der Waals surface area contributed by atoms with Crippen LogP contribution in [0.2, 0.25) is 0 Å². The molecule has 0 bridgehead atoms. The number of anilines is 1. The van der Waals surface area contributed by atoms with E-state index in [4.69, 9.17) is 5.73 Å². The van der Waals surface area contributed by atoms with Crippen molar-refractivity contribution in [2.75, 3.05) is 18.8 Å². The van der Waals surface area contributed by atoms with Crippen LogP contribution in [0.25, 0.3) is 0 Å². The van der Waals surface area contributed by atoms with Gasteiger partial charge in [-0.15, -0.1) is 0 Å². The zero-order valence-electron chi connectivity index (χ0n) is 10.6. The fraction of sp³-hybridized carbons (Fsp3) is 0.636. The van der Waals surface area contributed by atoms with E-state index in [2.05, 4.69) is 23.8 Å². The normalized spacial score (nSPS) is 26.1. The summed E-state index contributed by atoms with van der Waals surface area (Å²) in [5.41, 5.74) is 5.36. The zero-order valence-corrected chi connectivity index (χ0v) is 11.4. The molecule has 1 saturated heterocycles. The van der Waals surface area contributed by atoms with E-state index in [-0.39, 0.29) is 10.8 Å². The highest BCUT2D eigenvalue weighted by Crippen LogP contribution is 2.26. The maximum Gasteiger partial charge on any atom is 0.246 e. The van der Waals surface area contributed by atoms with Gasteiger partial charge in [0, 0.05) is 13.1 Å². The molecule has 1 aliphatic rings. The van der Waals surface area contributed by atoms with E-state index in [1.54, 1.807) is 0 Å². The maximum absolute atomic E-state index is 12.4. The van der Waals surface area contributed by atoms with Crippen LogP contribution in [0.5, 0.6) is 0 Å². The second kappa shape index (κ2) is 4.81. The molecular weight excluding hydrogens is 252 g/mol. The van der Waals surface area contributed by atoms with Gasteiger partial charge in [0.2, 0.25) is 16.0 Å². The van der Waals surface area contributed by atoms with Gasteiger partial charge in [-0.05, 0) is 18.3 Å². The van der Waals surface area contributed by atoms with Crippen LogP contribution >= 0.6 is 0 Å². The van der Waals surface area contributed by atoms with Crippen molar-refractivity contribution in [2.45, 2.75) is 25.2 Å². The van der Waals surface area contributed by atoms with Gasteiger partial charge in [-0.2, -0.15) is 4.31 Å².